The topological polar surface area (TPSA) is 119 Å². The Kier molecular flexibility index (Phi) is 7.02. The van der Waals surface area contributed by atoms with Crippen molar-refractivity contribution >= 4 is 28.4 Å². The number of nitrogen functional groups attached to an aromatic ring is 1. The summed E-state index contributed by atoms with van der Waals surface area (Å²) in [5, 5.41) is 17.9. The number of fused-ring (bicyclic) bond motifs is 1. The third-order valence-electron chi connectivity index (χ3n) is 6.97. The molecule has 0 atom stereocenters. The fraction of sp³-hybridized carbons (Fsp3) is 0.310. The molecule has 0 unspecified atom stereocenters. The van der Waals surface area contributed by atoms with Crippen LogP contribution in [0.3, 0.4) is 0 Å². The van der Waals surface area contributed by atoms with E-state index in [1.165, 1.54) is 24.5 Å². The number of hydrogen-bond donors (Lipinski definition) is 3. The summed E-state index contributed by atoms with van der Waals surface area (Å²) in [7, 11) is 0. The second-order valence-corrected chi connectivity index (χ2v) is 9.92. The molecule has 200 valence electrons. The summed E-state index contributed by atoms with van der Waals surface area (Å²) in [5.74, 6) is 3.01. The Hall–Kier alpha value is -4.36. The third kappa shape index (κ3) is 5.59. The van der Waals surface area contributed by atoms with Crippen molar-refractivity contribution in [3.63, 3.8) is 0 Å². The number of hydrogen-bond acceptors (Lipinski definition) is 6. The van der Waals surface area contributed by atoms with Gasteiger partial charge in [0.15, 0.2) is 5.65 Å². The van der Waals surface area contributed by atoms with Crippen LogP contribution >= 0.6 is 0 Å². The molecule has 10 heteroatoms. The van der Waals surface area contributed by atoms with Crippen LogP contribution in [0.25, 0.3) is 11.0 Å². The lowest BCUT2D eigenvalue weighted by atomic mass is 9.93. The predicted molar refractivity (Wildman–Crippen MR) is 144 cm³/mol. The molecule has 2 heterocycles. The van der Waals surface area contributed by atoms with Gasteiger partial charge in [0, 0.05) is 29.3 Å². The van der Waals surface area contributed by atoms with Gasteiger partial charge in [-0.3, -0.25) is 4.79 Å². The van der Waals surface area contributed by atoms with E-state index in [0.717, 1.165) is 25.3 Å². The van der Waals surface area contributed by atoms with Crippen LogP contribution in [0.5, 0.6) is 0 Å². The molecular weight excluding hydrogens is 502 g/mol. The van der Waals surface area contributed by atoms with Crippen molar-refractivity contribution in [2.24, 2.45) is 0 Å². The molecule has 1 fully saturated rings. The monoisotopic (exact) mass is 530 g/mol. The normalized spacial score (nSPS) is 17.5. The van der Waals surface area contributed by atoms with E-state index in [2.05, 4.69) is 27.1 Å². The molecule has 1 aliphatic carbocycles. The Bertz CT molecular complexity index is 1610. The van der Waals surface area contributed by atoms with Gasteiger partial charge in [-0.1, -0.05) is 24.1 Å². The van der Waals surface area contributed by atoms with Crippen molar-refractivity contribution in [2.75, 3.05) is 11.1 Å². The number of benzene rings is 2. The zero-order valence-electron chi connectivity index (χ0n) is 21.6. The van der Waals surface area contributed by atoms with Crippen LogP contribution in [-0.2, 0) is 5.92 Å². The van der Waals surface area contributed by atoms with Gasteiger partial charge >= 0.3 is 0 Å². The average molecular weight is 531 g/mol. The minimum atomic E-state index is -3.02. The Morgan fingerprint density at radius 1 is 1.13 bits per heavy atom. The van der Waals surface area contributed by atoms with Crippen LogP contribution in [-0.4, -0.2) is 36.9 Å². The van der Waals surface area contributed by atoms with Crippen LogP contribution in [0.1, 0.15) is 71.4 Å². The number of halogens is 2. The minimum Gasteiger partial charge on any atom is -0.393 e. The molecule has 0 radical (unpaired) electrons. The molecular formula is C29H28F2N6O2. The zero-order valence-corrected chi connectivity index (χ0v) is 21.6. The number of anilines is 2. The highest BCUT2D eigenvalue weighted by Crippen LogP contribution is 2.32. The lowest BCUT2D eigenvalue weighted by Gasteiger charge is -2.25. The number of alkyl halides is 2. The first-order chi connectivity index (χ1) is 18.6. The Labute approximate surface area is 224 Å². The van der Waals surface area contributed by atoms with E-state index in [1.54, 1.807) is 24.3 Å². The van der Waals surface area contributed by atoms with Crippen molar-refractivity contribution in [3.8, 4) is 11.8 Å². The molecule has 4 aromatic rings. The summed E-state index contributed by atoms with van der Waals surface area (Å²) in [6.07, 6.45) is 4.01. The van der Waals surface area contributed by atoms with Gasteiger partial charge in [-0.15, -0.1) is 0 Å². The first-order valence-corrected chi connectivity index (χ1v) is 12.7. The van der Waals surface area contributed by atoms with E-state index in [9.17, 15) is 18.7 Å². The molecule has 5 rings (SSSR count). The molecule has 1 aliphatic rings. The van der Waals surface area contributed by atoms with Crippen LogP contribution < -0.4 is 11.1 Å². The van der Waals surface area contributed by atoms with Gasteiger partial charge in [0.25, 0.3) is 11.8 Å². The number of aliphatic hydroxyl groups excluding tert-OH is 1. The summed E-state index contributed by atoms with van der Waals surface area (Å²) in [6.45, 7) is 2.68. The van der Waals surface area contributed by atoms with Crippen LogP contribution in [0.4, 0.5) is 20.3 Å². The van der Waals surface area contributed by atoms with Crippen LogP contribution in [0.15, 0.2) is 48.8 Å². The summed E-state index contributed by atoms with van der Waals surface area (Å²) in [6, 6.07) is 10.8. The van der Waals surface area contributed by atoms with Crippen molar-refractivity contribution < 1.29 is 18.7 Å². The smallest absolute Gasteiger partial charge is 0.270 e. The first kappa shape index (κ1) is 26.3. The zero-order chi connectivity index (χ0) is 27.7. The highest BCUT2D eigenvalue weighted by Gasteiger charge is 2.26. The number of carbonyl (C=O) groups is 1. The average Bonchev–Trinajstić information content (AvgIpc) is 3.28. The lowest BCUT2D eigenvalue weighted by molar-refractivity contribution is 0.0175. The molecule has 39 heavy (non-hydrogen) atoms. The number of carbonyl (C=O) groups excluding carboxylic acids is 1. The number of nitrogens with one attached hydrogen (secondary N) is 1. The molecule has 1 saturated carbocycles. The van der Waals surface area contributed by atoms with Crippen molar-refractivity contribution in [1.29, 1.82) is 0 Å². The van der Waals surface area contributed by atoms with Crippen LogP contribution in [0.2, 0.25) is 0 Å². The van der Waals surface area contributed by atoms with Gasteiger partial charge in [0.2, 0.25) is 0 Å². The van der Waals surface area contributed by atoms with E-state index in [-0.39, 0.29) is 29.2 Å². The summed E-state index contributed by atoms with van der Waals surface area (Å²) < 4.78 is 29.2. The minimum absolute atomic E-state index is 0.0701. The number of aromatic nitrogens is 4. The molecule has 2 aromatic heterocycles. The van der Waals surface area contributed by atoms with Crippen molar-refractivity contribution in [1.82, 2.24) is 19.7 Å². The van der Waals surface area contributed by atoms with Crippen molar-refractivity contribution in [2.45, 2.75) is 57.6 Å². The number of amides is 1. The molecule has 8 nitrogen and oxygen atoms in total. The predicted octanol–water partition coefficient (Wildman–Crippen LogP) is 4.96. The van der Waals surface area contributed by atoms with Gasteiger partial charge < -0.3 is 16.2 Å². The molecule has 2 aromatic carbocycles. The summed E-state index contributed by atoms with van der Waals surface area (Å²) in [5.41, 5.74) is 9.08. The molecule has 0 saturated heterocycles. The quantitative estimate of drug-likeness (QED) is 0.321. The maximum atomic E-state index is 13.7. The van der Waals surface area contributed by atoms with E-state index in [1.807, 2.05) is 11.6 Å². The molecule has 0 spiro atoms. The van der Waals surface area contributed by atoms with Crippen LogP contribution in [0, 0.1) is 18.8 Å². The second-order valence-electron chi connectivity index (χ2n) is 9.92. The lowest BCUT2D eigenvalue weighted by Crippen LogP contribution is -2.22. The van der Waals surface area contributed by atoms with Gasteiger partial charge in [-0.2, -0.15) is 5.10 Å². The maximum absolute atomic E-state index is 13.7. The van der Waals surface area contributed by atoms with Crippen molar-refractivity contribution in [3.05, 3.63) is 76.7 Å². The van der Waals surface area contributed by atoms with E-state index < -0.39 is 11.8 Å². The number of aryl methyl sites for hydroxylation is 1. The SMILES string of the molecule is Cc1ccc(C(=O)Nc2cccc(C(C)(F)F)c2)cc1C#Cc1nn([C@H]2CC[C@H](O)CC2)c2ncnc(N)c12. The Balaban J connectivity index is 1.44. The van der Waals surface area contributed by atoms with E-state index >= 15 is 0 Å². The van der Waals surface area contributed by atoms with Gasteiger partial charge in [0.05, 0.1) is 17.5 Å². The van der Waals surface area contributed by atoms with Gasteiger partial charge in [-0.05, 0) is 68.4 Å². The van der Waals surface area contributed by atoms with E-state index in [0.29, 0.717) is 40.7 Å². The second kappa shape index (κ2) is 10.4. The van der Waals surface area contributed by atoms with E-state index in [4.69, 9.17) is 10.8 Å². The Morgan fingerprint density at radius 2 is 1.90 bits per heavy atom. The highest BCUT2D eigenvalue weighted by molar-refractivity contribution is 6.04. The maximum Gasteiger partial charge on any atom is 0.270 e. The first-order valence-electron chi connectivity index (χ1n) is 12.7. The van der Waals surface area contributed by atoms with Gasteiger partial charge in [0.1, 0.15) is 17.8 Å². The highest BCUT2D eigenvalue weighted by atomic mass is 19.3. The Morgan fingerprint density at radius 3 is 2.64 bits per heavy atom. The molecule has 1 amide bonds. The molecule has 0 aliphatic heterocycles. The number of nitrogens with zero attached hydrogens (tertiary/aromatic N) is 4. The fourth-order valence-electron chi connectivity index (χ4n) is 4.74. The largest absolute Gasteiger partial charge is 0.393 e. The third-order valence-corrected chi connectivity index (χ3v) is 6.97. The summed E-state index contributed by atoms with van der Waals surface area (Å²) >= 11 is 0. The number of nitrogens with two attached hydrogens (primary N) is 1. The molecule has 0 bridgehead atoms. The molecule has 4 N–H and O–H groups in total. The number of aliphatic hydroxyl groups is 1. The summed E-state index contributed by atoms with van der Waals surface area (Å²) in [4.78, 5) is 21.4. The fourth-order valence-corrected chi connectivity index (χ4v) is 4.74. The standard InChI is InChI=1S/C29H28F2N6O2/c1-17-6-7-19(28(39)35-21-5-3-4-20(15-21)29(2,30)31)14-18(17)8-13-24-25-26(32)33-16-34-27(25)37(36-24)22-9-11-23(38)12-10-22/h3-7,14-16,22-23,38H,9-12H2,1-2H3,(H,35,39)(H2,32,33,34)/t22-,23-. The number of rotatable bonds is 4. The van der Waals surface area contributed by atoms with Gasteiger partial charge in [-0.25, -0.2) is 23.4 Å².